The predicted octanol–water partition coefficient (Wildman–Crippen LogP) is 2.41. The first-order valence-corrected chi connectivity index (χ1v) is 9.63. The second-order valence-electron chi connectivity index (χ2n) is 7.84. The molecule has 3 saturated heterocycles. The largest absolute Gasteiger partial charge is 0.361 e. The molecule has 4 fully saturated rings. The van der Waals surface area contributed by atoms with Crippen LogP contribution in [0.1, 0.15) is 60.8 Å². The van der Waals surface area contributed by atoms with Crippen LogP contribution in [-0.4, -0.2) is 52.4 Å². The molecule has 5 rings (SSSR count). The molecule has 6 heteroatoms. The second-order valence-corrected chi connectivity index (χ2v) is 7.84. The van der Waals surface area contributed by atoms with E-state index in [4.69, 9.17) is 4.52 Å². The van der Waals surface area contributed by atoms with E-state index in [1.165, 1.54) is 6.42 Å². The van der Waals surface area contributed by atoms with Crippen LogP contribution in [0.3, 0.4) is 0 Å². The topological polar surface area (TPSA) is 66.7 Å². The fraction of sp³-hybridized carbons (Fsp3) is 0.737. The minimum atomic E-state index is 0.0308. The van der Waals surface area contributed by atoms with Crippen molar-refractivity contribution >= 4 is 11.8 Å². The Morgan fingerprint density at radius 1 is 1.16 bits per heavy atom. The van der Waals surface area contributed by atoms with Gasteiger partial charge in [-0.2, -0.15) is 0 Å². The molecule has 1 aliphatic carbocycles. The molecule has 3 aliphatic heterocycles. The van der Waals surface area contributed by atoms with E-state index < -0.39 is 0 Å². The van der Waals surface area contributed by atoms with Crippen LogP contribution in [0.2, 0.25) is 0 Å². The Morgan fingerprint density at radius 3 is 2.64 bits per heavy atom. The van der Waals surface area contributed by atoms with Crippen LogP contribution in [0.4, 0.5) is 0 Å². The molecule has 0 N–H and O–H groups in total. The van der Waals surface area contributed by atoms with Crippen LogP contribution in [0.25, 0.3) is 0 Å². The van der Waals surface area contributed by atoms with Gasteiger partial charge in [0, 0.05) is 31.6 Å². The molecule has 4 aliphatic rings. The molecule has 1 aromatic rings. The fourth-order valence-corrected chi connectivity index (χ4v) is 4.50. The van der Waals surface area contributed by atoms with Gasteiger partial charge in [-0.25, -0.2) is 0 Å². The van der Waals surface area contributed by atoms with Crippen molar-refractivity contribution in [2.75, 3.05) is 19.6 Å². The van der Waals surface area contributed by atoms with E-state index >= 15 is 0 Å². The van der Waals surface area contributed by atoms with E-state index in [1.54, 1.807) is 0 Å². The van der Waals surface area contributed by atoms with Gasteiger partial charge in [-0.3, -0.25) is 9.59 Å². The number of hydrogen-bond donors (Lipinski definition) is 0. The average molecular weight is 345 g/mol. The lowest BCUT2D eigenvalue weighted by Gasteiger charge is -2.36. The van der Waals surface area contributed by atoms with Crippen LogP contribution in [0, 0.1) is 18.8 Å². The molecule has 0 radical (unpaired) electrons. The van der Waals surface area contributed by atoms with Gasteiger partial charge in [0.05, 0.1) is 5.69 Å². The zero-order valence-corrected chi connectivity index (χ0v) is 15.2. The van der Waals surface area contributed by atoms with Crippen molar-refractivity contribution in [3.05, 3.63) is 17.0 Å². The van der Waals surface area contributed by atoms with Crippen molar-refractivity contribution in [3.8, 4) is 0 Å². The Hall–Kier alpha value is -1.85. The van der Waals surface area contributed by atoms with Crippen LogP contribution in [-0.2, 0) is 11.2 Å². The fourth-order valence-electron chi connectivity index (χ4n) is 4.50. The summed E-state index contributed by atoms with van der Waals surface area (Å²) in [5.74, 6) is 1.56. The monoisotopic (exact) mass is 345 g/mol. The van der Waals surface area contributed by atoms with E-state index in [2.05, 4.69) is 5.16 Å². The first-order valence-electron chi connectivity index (χ1n) is 9.63. The number of hydrogen-bond acceptors (Lipinski definition) is 4. The van der Waals surface area contributed by atoms with Crippen LogP contribution >= 0.6 is 0 Å². The predicted molar refractivity (Wildman–Crippen MR) is 92.1 cm³/mol. The number of piperidine rings is 1. The SMILES string of the molecule is CCc1noc(C)c1C(=O)N1C[C@H]2CC[C@@H]1CN(C(=O)C1CCC1)C2. The maximum atomic E-state index is 13.2. The van der Waals surface area contributed by atoms with Gasteiger partial charge in [0.25, 0.3) is 5.91 Å². The lowest BCUT2D eigenvalue weighted by molar-refractivity contribution is -0.138. The summed E-state index contributed by atoms with van der Waals surface area (Å²) >= 11 is 0. The Kier molecular flexibility index (Phi) is 4.29. The average Bonchev–Trinajstić information content (AvgIpc) is 2.73. The minimum absolute atomic E-state index is 0.0308. The standard InChI is InChI=1S/C19H27N3O3/c1-3-16-17(12(2)25-20-16)19(24)22-10-13-7-8-15(22)11-21(9-13)18(23)14-5-4-6-14/h13-15H,3-11H2,1-2H3/t13-,15+/m0/s1. The molecule has 2 atom stereocenters. The highest BCUT2D eigenvalue weighted by molar-refractivity contribution is 5.96. The van der Waals surface area contributed by atoms with Gasteiger partial charge >= 0.3 is 0 Å². The maximum absolute atomic E-state index is 13.2. The Labute approximate surface area is 148 Å². The number of rotatable bonds is 3. The molecule has 2 bridgehead atoms. The summed E-state index contributed by atoms with van der Waals surface area (Å²) in [5, 5.41) is 4.03. The Bertz CT molecular complexity index is 679. The summed E-state index contributed by atoms with van der Waals surface area (Å²) in [6.45, 7) is 6.03. The number of fused-ring (bicyclic) bond motifs is 4. The third kappa shape index (κ3) is 2.85. The number of aryl methyl sites for hydroxylation is 2. The van der Waals surface area contributed by atoms with Gasteiger partial charge < -0.3 is 14.3 Å². The summed E-state index contributed by atoms with van der Waals surface area (Å²) in [6, 6.07) is 0.120. The zero-order chi connectivity index (χ0) is 17.6. The molecule has 25 heavy (non-hydrogen) atoms. The number of aromatic nitrogens is 1. The van der Waals surface area contributed by atoms with E-state index in [9.17, 15) is 9.59 Å². The summed E-state index contributed by atoms with van der Waals surface area (Å²) in [7, 11) is 0. The van der Waals surface area contributed by atoms with Crippen LogP contribution < -0.4 is 0 Å². The smallest absolute Gasteiger partial charge is 0.259 e. The second kappa shape index (κ2) is 6.46. The highest BCUT2D eigenvalue weighted by atomic mass is 16.5. The van der Waals surface area contributed by atoms with Crippen molar-refractivity contribution in [2.24, 2.45) is 11.8 Å². The lowest BCUT2D eigenvalue weighted by Crippen LogP contribution is -2.48. The number of nitrogens with zero attached hydrogens (tertiary/aromatic N) is 3. The molecule has 2 amide bonds. The van der Waals surface area contributed by atoms with Crippen molar-refractivity contribution in [1.29, 1.82) is 0 Å². The van der Waals surface area contributed by atoms with Crippen molar-refractivity contribution in [2.45, 2.75) is 58.4 Å². The van der Waals surface area contributed by atoms with Crippen molar-refractivity contribution < 1.29 is 14.1 Å². The third-order valence-corrected chi connectivity index (χ3v) is 6.22. The molecule has 1 saturated carbocycles. The van der Waals surface area contributed by atoms with E-state index in [0.29, 0.717) is 36.1 Å². The van der Waals surface area contributed by atoms with Crippen LogP contribution in [0.5, 0.6) is 0 Å². The maximum Gasteiger partial charge on any atom is 0.259 e. The first-order chi connectivity index (χ1) is 12.1. The van der Waals surface area contributed by atoms with Gasteiger partial charge in [-0.1, -0.05) is 18.5 Å². The Morgan fingerprint density at radius 2 is 1.96 bits per heavy atom. The molecule has 0 aromatic carbocycles. The summed E-state index contributed by atoms with van der Waals surface area (Å²) in [4.78, 5) is 29.9. The molecule has 0 unspecified atom stereocenters. The summed E-state index contributed by atoms with van der Waals surface area (Å²) in [6.07, 6.45) is 6.02. The third-order valence-electron chi connectivity index (χ3n) is 6.22. The van der Waals surface area contributed by atoms with Gasteiger partial charge in [-0.05, 0) is 44.9 Å². The number of amides is 2. The molecule has 4 heterocycles. The van der Waals surface area contributed by atoms with Crippen molar-refractivity contribution in [1.82, 2.24) is 15.0 Å². The number of carbonyl (C=O) groups excluding carboxylic acids is 2. The van der Waals surface area contributed by atoms with E-state index in [-0.39, 0.29) is 17.9 Å². The normalized spacial score (nSPS) is 26.5. The molecule has 0 spiro atoms. The Balaban J connectivity index is 1.55. The zero-order valence-electron chi connectivity index (χ0n) is 15.2. The van der Waals surface area contributed by atoms with E-state index in [1.807, 2.05) is 23.6 Å². The highest BCUT2D eigenvalue weighted by Crippen LogP contribution is 2.34. The van der Waals surface area contributed by atoms with Crippen molar-refractivity contribution in [3.63, 3.8) is 0 Å². The molecule has 136 valence electrons. The molecule has 6 nitrogen and oxygen atoms in total. The van der Waals surface area contributed by atoms with Gasteiger partial charge in [0.15, 0.2) is 0 Å². The van der Waals surface area contributed by atoms with Gasteiger partial charge in [0.1, 0.15) is 11.3 Å². The quantitative estimate of drug-likeness (QED) is 0.844. The van der Waals surface area contributed by atoms with Gasteiger partial charge in [0.2, 0.25) is 5.91 Å². The molecule has 1 aromatic heterocycles. The van der Waals surface area contributed by atoms with E-state index in [0.717, 1.165) is 44.5 Å². The highest BCUT2D eigenvalue weighted by Gasteiger charge is 2.41. The first kappa shape index (κ1) is 16.6. The summed E-state index contributed by atoms with van der Waals surface area (Å²) in [5.41, 5.74) is 1.37. The number of carbonyl (C=O) groups is 2. The molecular weight excluding hydrogens is 318 g/mol. The van der Waals surface area contributed by atoms with Crippen LogP contribution in [0.15, 0.2) is 4.52 Å². The van der Waals surface area contributed by atoms with Gasteiger partial charge in [-0.15, -0.1) is 0 Å². The minimum Gasteiger partial charge on any atom is -0.361 e. The lowest BCUT2D eigenvalue weighted by atomic mass is 9.84. The summed E-state index contributed by atoms with van der Waals surface area (Å²) < 4.78 is 5.26. The molecular formula is C19H27N3O3.